The summed E-state index contributed by atoms with van der Waals surface area (Å²) in [5.74, 6) is 0.458. The molecule has 14 heavy (non-hydrogen) atoms. The van der Waals surface area contributed by atoms with Crippen molar-refractivity contribution in [2.24, 2.45) is 17.1 Å². The predicted molar refractivity (Wildman–Crippen MR) is 54.8 cm³/mol. The van der Waals surface area contributed by atoms with Crippen molar-refractivity contribution in [1.29, 1.82) is 0 Å². The summed E-state index contributed by atoms with van der Waals surface area (Å²) in [5.41, 5.74) is 5.48. The minimum Gasteiger partial charge on any atom is -0.384 e. The van der Waals surface area contributed by atoms with E-state index in [1.807, 2.05) is 4.90 Å². The van der Waals surface area contributed by atoms with E-state index in [1.165, 1.54) is 0 Å². The summed E-state index contributed by atoms with van der Waals surface area (Å²) in [7, 11) is 1.70. The van der Waals surface area contributed by atoms with Crippen LogP contribution in [0, 0.1) is 11.3 Å². The minimum atomic E-state index is 0.0386. The standard InChI is InChI=1S/C10H20N2O2/c1-10(2)7-12(9(13)4-11)5-8(10)6-14-3/h8H,4-7,11H2,1-3H3/t8-/m0/s1. The van der Waals surface area contributed by atoms with Gasteiger partial charge in [-0.15, -0.1) is 0 Å². The number of carbonyl (C=O) groups excluding carboxylic acids is 1. The lowest BCUT2D eigenvalue weighted by atomic mass is 9.83. The van der Waals surface area contributed by atoms with Gasteiger partial charge in [-0.1, -0.05) is 13.8 Å². The Morgan fingerprint density at radius 3 is 2.79 bits per heavy atom. The molecule has 1 fully saturated rings. The van der Waals surface area contributed by atoms with E-state index in [9.17, 15) is 4.79 Å². The average molecular weight is 200 g/mol. The first-order valence-electron chi connectivity index (χ1n) is 4.98. The molecule has 0 aromatic heterocycles. The van der Waals surface area contributed by atoms with Gasteiger partial charge in [0.2, 0.25) is 5.91 Å². The summed E-state index contributed by atoms with van der Waals surface area (Å²) < 4.78 is 5.15. The Bertz CT molecular complexity index is 216. The third-order valence-corrected chi connectivity index (χ3v) is 3.04. The minimum absolute atomic E-state index is 0.0386. The van der Waals surface area contributed by atoms with Crippen LogP contribution in [0.5, 0.6) is 0 Å². The van der Waals surface area contributed by atoms with Gasteiger partial charge in [-0.2, -0.15) is 0 Å². The van der Waals surface area contributed by atoms with Crippen LogP contribution in [0.2, 0.25) is 0 Å². The smallest absolute Gasteiger partial charge is 0.236 e. The second-order valence-electron chi connectivity index (χ2n) is 4.62. The van der Waals surface area contributed by atoms with Crippen molar-refractivity contribution in [2.45, 2.75) is 13.8 Å². The lowest BCUT2D eigenvalue weighted by Crippen LogP contribution is -2.35. The second-order valence-corrected chi connectivity index (χ2v) is 4.62. The lowest BCUT2D eigenvalue weighted by molar-refractivity contribution is -0.129. The SMILES string of the molecule is COC[C@@H]1CN(C(=O)CN)CC1(C)C. The van der Waals surface area contributed by atoms with E-state index in [4.69, 9.17) is 10.5 Å². The zero-order chi connectivity index (χ0) is 10.8. The number of hydrogen-bond donors (Lipinski definition) is 1. The van der Waals surface area contributed by atoms with Gasteiger partial charge in [-0.05, 0) is 5.41 Å². The Morgan fingerprint density at radius 2 is 2.29 bits per heavy atom. The molecule has 0 bridgehead atoms. The van der Waals surface area contributed by atoms with Gasteiger partial charge < -0.3 is 15.4 Å². The molecule has 1 aliphatic heterocycles. The normalized spacial score (nSPS) is 25.4. The molecular weight excluding hydrogens is 180 g/mol. The number of nitrogens with zero attached hydrogens (tertiary/aromatic N) is 1. The summed E-state index contributed by atoms with van der Waals surface area (Å²) in [4.78, 5) is 13.2. The first-order chi connectivity index (χ1) is 6.51. The number of methoxy groups -OCH3 is 1. The molecule has 1 aliphatic rings. The van der Waals surface area contributed by atoms with Crippen molar-refractivity contribution in [3.05, 3.63) is 0 Å². The molecule has 0 radical (unpaired) electrons. The van der Waals surface area contributed by atoms with Gasteiger partial charge in [0.15, 0.2) is 0 Å². The van der Waals surface area contributed by atoms with E-state index in [-0.39, 0.29) is 17.9 Å². The number of rotatable bonds is 3. The maximum absolute atomic E-state index is 11.4. The number of carbonyl (C=O) groups is 1. The Hall–Kier alpha value is -0.610. The van der Waals surface area contributed by atoms with Crippen LogP contribution in [0.1, 0.15) is 13.8 Å². The Labute approximate surface area is 85.4 Å². The van der Waals surface area contributed by atoms with Gasteiger partial charge in [0.05, 0.1) is 13.2 Å². The number of hydrogen-bond acceptors (Lipinski definition) is 3. The summed E-state index contributed by atoms with van der Waals surface area (Å²) in [6.07, 6.45) is 0. The highest BCUT2D eigenvalue weighted by Crippen LogP contribution is 2.35. The highest BCUT2D eigenvalue weighted by atomic mass is 16.5. The van der Waals surface area contributed by atoms with E-state index in [2.05, 4.69) is 13.8 Å². The molecule has 1 amide bonds. The molecule has 0 spiro atoms. The molecule has 0 saturated carbocycles. The number of amides is 1. The molecule has 2 N–H and O–H groups in total. The zero-order valence-electron chi connectivity index (χ0n) is 9.25. The van der Waals surface area contributed by atoms with Gasteiger partial charge in [-0.3, -0.25) is 4.79 Å². The molecular formula is C10H20N2O2. The molecule has 1 rings (SSSR count). The van der Waals surface area contributed by atoms with Crippen molar-refractivity contribution >= 4 is 5.91 Å². The third-order valence-electron chi connectivity index (χ3n) is 3.04. The fraction of sp³-hybridized carbons (Fsp3) is 0.900. The number of nitrogens with two attached hydrogens (primary N) is 1. The molecule has 82 valence electrons. The van der Waals surface area contributed by atoms with Crippen LogP contribution in [-0.2, 0) is 9.53 Å². The number of ether oxygens (including phenoxy) is 1. The van der Waals surface area contributed by atoms with Gasteiger partial charge in [0.1, 0.15) is 0 Å². The van der Waals surface area contributed by atoms with Gasteiger partial charge in [0, 0.05) is 26.1 Å². The zero-order valence-corrected chi connectivity index (χ0v) is 9.25. The first-order valence-corrected chi connectivity index (χ1v) is 4.98. The fourth-order valence-corrected chi connectivity index (χ4v) is 2.00. The molecule has 4 nitrogen and oxygen atoms in total. The average Bonchev–Trinajstić information content (AvgIpc) is 2.42. The molecule has 1 saturated heterocycles. The molecule has 0 aromatic carbocycles. The maximum atomic E-state index is 11.4. The van der Waals surface area contributed by atoms with Gasteiger partial charge in [0.25, 0.3) is 0 Å². The second kappa shape index (κ2) is 4.28. The molecule has 1 heterocycles. The molecule has 0 aromatic rings. The van der Waals surface area contributed by atoms with E-state index in [0.717, 1.165) is 13.1 Å². The van der Waals surface area contributed by atoms with Crippen LogP contribution in [0.4, 0.5) is 0 Å². The summed E-state index contributed by atoms with van der Waals surface area (Å²) in [6, 6.07) is 0. The van der Waals surface area contributed by atoms with Crippen LogP contribution in [0.15, 0.2) is 0 Å². The molecule has 0 unspecified atom stereocenters. The lowest BCUT2D eigenvalue weighted by Gasteiger charge is -2.24. The quantitative estimate of drug-likeness (QED) is 0.701. The monoisotopic (exact) mass is 200 g/mol. The maximum Gasteiger partial charge on any atom is 0.236 e. The van der Waals surface area contributed by atoms with E-state index in [1.54, 1.807) is 7.11 Å². The number of likely N-dealkylation sites (tertiary alicyclic amines) is 1. The van der Waals surface area contributed by atoms with Crippen molar-refractivity contribution in [1.82, 2.24) is 4.90 Å². The van der Waals surface area contributed by atoms with Gasteiger partial charge >= 0.3 is 0 Å². The Balaban J connectivity index is 2.61. The molecule has 0 aliphatic carbocycles. The Kier molecular flexibility index (Phi) is 3.50. The van der Waals surface area contributed by atoms with Crippen molar-refractivity contribution in [2.75, 3.05) is 33.4 Å². The van der Waals surface area contributed by atoms with E-state index in [0.29, 0.717) is 12.5 Å². The van der Waals surface area contributed by atoms with Crippen molar-refractivity contribution < 1.29 is 9.53 Å². The summed E-state index contributed by atoms with van der Waals surface area (Å²) in [6.45, 7) is 6.71. The highest BCUT2D eigenvalue weighted by molar-refractivity contribution is 5.78. The van der Waals surface area contributed by atoms with Gasteiger partial charge in [-0.25, -0.2) is 0 Å². The largest absolute Gasteiger partial charge is 0.384 e. The summed E-state index contributed by atoms with van der Waals surface area (Å²) >= 11 is 0. The van der Waals surface area contributed by atoms with Crippen LogP contribution < -0.4 is 5.73 Å². The van der Waals surface area contributed by atoms with Crippen LogP contribution in [0.25, 0.3) is 0 Å². The first kappa shape index (κ1) is 11.5. The molecule has 1 atom stereocenters. The van der Waals surface area contributed by atoms with E-state index < -0.39 is 0 Å². The van der Waals surface area contributed by atoms with E-state index >= 15 is 0 Å². The Morgan fingerprint density at radius 1 is 1.64 bits per heavy atom. The summed E-state index contributed by atoms with van der Waals surface area (Å²) in [5, 5.41) is 0. The van der Waals surface area contributed by atoms with Crippen LogP contribution in [-0.4, -0.2) is 44.2 Å². The fourth-order valence-electron chi connectivity index (χ4n) is 2.00. The van der Waals surface area contributed by atoms with Crippen LogP contribution >= 0.6 is 0 Å². The highest BCUT2D eigenvalue weighted by Gasteiger charge is 2.40. The van der Waals surface area contributed by atoms with Crippen molar-refractivity contribution in [3.8, 4) is 0 Å². The third kappa shape index (κ3) is 2.25. The topological polar surface area (TPSA) is 55.6 Å². The van der Waals surface area contributed by atoms with Crippen molar-refractivity contribution in [3.63, 3.8) is 0 Å². The van der Waals surface area contributed by atoms with Crippen LogP contribution in [0.3, 0.4) is 0 Å². The molecule has 4 heteroatoms. The predicted octanol–water partition coefficient (Wildman–Crippen LogP) is 0.0761.